The van der Waals surface area contributed by atoms with Crippen LogP contribution in [-0.4, -0.2) is 0 Å². The van der Waals surface area contributed by atoms with Gasteiger partial charge in [-0.25, -0.2) is 17.6 Å². The van der Waals surface area contributed by atoms with Crippen molar-refractivity contribution in [1.29, 1.82) is 0 Å². The third kappa shape index (κ3) is 6.69. The predicted octanol–water partition coefficient (Wildman–Crippen LogP) is 12.0. The Morgan fingerprint density at radius 2 is 0.619 bits per heavy atom. The fourth-order valence-electron chi connectivity index (χ4n) is 4.49. The van der Waals surface area contributed by atoms with Gasteiger partial charge in [-0.2, -0.15) is 0 Å². The summed E-state index contributed by atoms with van der Waals surface area (Å²) in [7, 11) is 0. The molecule has 0 aliphatic rings. The minimum absolute atomic E-state index is 0. The first-order valence-electron chi connectivity index (χ1n) is 12.8. The molecule has 0 atom stereocenters. The van der Waals surface area contributed by atoms with Crippen molar-refractivity contribution in [1.82, 2.24) is 0 Å². The first kappa shape index (κ1) is 30.5. The SMILES string of the molecule is C.Fc1c(-c2ccccc2)cc(-c2ccccc2)c(F)c1Br.Fc1cc(F)c(-c2ccccc2)cc1-c1ccccc1. The second-order valence-corrected chi connectivity index (χ2v) is 9.98. The van der Waals surface area contributed by atoms with Crippen LogP contribution in [-0.2, 0) is 0 Å². The summed E-state index contributed by atoms with van der Waals surface area (Å²) in [5, 5.41) is 0. The summed E-state index contributed by atoms with van der Waals surface area (Å²) in [6.45, 7) is 0. The molecule has 0 heterocycles. The minimum atomic E-state index is -0.585. The van der Waals surface area contributed by atoms with Crippen LogP contribution in [0.15, 0.2) is 144 Å². The van der Waals surface area contributed by atoms with Crippen molar-refractivity contribution in [3.05, 3.63) is 167 Å². The van der Waals surface area contributed by atoms with Gasteiger partial charge in [-0.1, -0.05) is 129 Å². The van der Waals surface area contributed by atoms with Gasteiger partial charge in [-0.15, -0.1) is 0 Å². The average molecular weight is 628 g/mol. The first-order chi connectivity index (χ1) is 19.9. The molecule has 0 aliphatic carbocycles. The second kappa shape index (κ2) is 13.9. The largest absolute Gasteiger partial charge is 0.206 e. The summed E-state index contributed by atoms with van der Waals surface area (Å²) in [5.41, 5.74) is 4.48. The fraction of sp³-hybridized carbons (Fsp3) is 0.0270. The molecule has 0 aliphatic heterocycles. The van der Waals surface area contributed by atoms with Crippen LogP contribution < -0.4 is 0 Å². The molecule has 0 nitrogen and oxygen atoms in total. The van der Waals surface area contributed by atoms with E-state index in [-0.39, 0.29) is 11.9 Å². The molecule has 0 unspecified atom stereocenters. The van der Waals surface area contributed by atoms with Gasteiger partial charge in [0.2, 0.25) is 0 Å². The lowest BCUT2D eigenvalue weighted by molar-refractivity contribution is 0.576. The molecule has 0 saturated carbocycles. The first-order valence-corrected chi connectivity index (χ1v) is 13.6. The van der Waals surface area contributed by atoms with Crippen molar-refractivity contribution in [3.63, 3.8) is 0 Å². The maximum atomic E-state index is 14.4. The second-order valence-electron chi connectivity index (χ2n) is 9.19. The Morgan fingerprint density at radius 1 is 0.357 bits per heavy atom. The Balaban J connectivity index is 0.000000189. The number of rotatable bonds is 4. The van der Waals surface area contributed by atoms with E-state index in [0.29, 0.717) is 33.4 Å². The van der Waals surface area contributed by atoms with Gasteiger partial charge in [-0.3, -0.25) is 0 Å². The van der Waals surface area contributed by atoms with Crippen molar-refractivity contribution >= 4 is 15.9 Å². The van der Waals surface area contributed by atoms with Gasteiger partial charge in [0.1, 0.15) is 23.3 Å². The monoisotopic (exact) mass is 626 g/mol. The molecule has 0 fully saturated rings. The van der Waals surface area contributed by atoms with Gasteiger partial charge in [0.05, 0.1) is 4.47 Å². The molecule has 42 heavy (non-hydrogen) atoms. The van der Waals surface area contributed by atoms with Crippen LogP contribution in [0.3, 0.4) is 0 Å². The highest BCUT2D eigenvalue weighted by atomic mass is 79.9. The highest BCUT2D eigenvalue weighted by Crippen LogP contribution is 2.37. The van der Waals surface area contributed by atoms with E-state index in [2.05, 4.69) is 15.9 Å². The summed E-state index contributed by atoms with van der Waals surface area (Å²) >= 11 is 3.03. The maximum absolute atomic E-state index is 14.4. The van der Waals surface area contributed by atoms with Gasteiger partial charge < -0.3 is 0 Å². The van der Waals surface area contributed by atoms with Crippen LogP contribution in [0.4, 0.5) is 17.6 Å². The Labute approximate surface area is 252 Å². The van der Waals surface area contributed by atoms with Crippen molar-refractivity contribution in [2.45, 2.75) is 7.43 Å². The van der Waals surface area contributed by atoms with Crippen LogP contribution in [0.2, 0.25) is 0 Å². The maximum Gasteiger partial charge on any atom is 0.148 e. The van der Waals surface area contributed by atoms with E-state index in [1.807, 2.05) is 97.1 Å². The summed E-state index contributed by atoms with van der Waals surface area (Å²) in [5.74, 6) is -2.27. The molecule has 210 valence electrons. The van der Waals surface area contributed by atoms with E-state index in [0.717, 1.165) is 17.2 Å². The molecule has 5 heteroatoms. The Morgan fingerprint density at radius 3 is 0.929 bits per heavy atom. The lowest BCUT2D eigenvalue weighted by Gasteiger charge is -2.11. The normalized spacial score (nSPS) is 10.3. The molecular formula is C37H27BrF4. The molecule has 0 radical (unpaired) electrons. The Hall–Kier alpha value is -4.48. The van der Waals surface area contributed by atoms with Crippen LogP contribution >= 0.6 is 15.9 Å². The molecule has 6 aromatic carbocycles. The molecule has 0 bridgehead atoms. The van der Waals surface area contributed by atoms with E-state index in [9.17, 15) is 17.6 Å². The summed E-state index contributed by atoms with van der Waals surface area (Å²) in [6, 6.07) is 40.6. The number of hydrogen-bond donors (Lipinski definition) is 0. The standard InChI is InChI=1S/C18H11BrF2.C18H12F2.CH4/c19-16-17(20)14(12-7-3-1-4-8-12)11-15(18(16)21)13-9-5-2-6-10-13;19-17-12-18(20)16(14-9-5-2-6-10-14)11-15(17)13-7-3-1-4-8-13;/h1-11H;1-12H;1H4. The number of hydrogen-bond acceptors (Lipinski definition) is 0. The van der Waals surface area contributed by atoms with Crippen LogP contribution in [0.25, 0.3) is 44.5 Å². The zero-order valence-electron chi connectivity index (χ0n) is 21.7. The minimum Gasteiger partial charge on any atom is -0.206 e. The average Bonchev–Trinajstić information content (AvgIpc) is 3.02. The highest BCUT2D eigenvalue weighted by Gasteiger charge is 2.18. The fourth-order valence-corrected chi connectivity index (χ4v) is 4.91. The molecule has 0 spiro atoms. The molecule has 6 rings (SSSR count). The van der Waals surface area contributed by atoms with Gasteiger partial charge in [-0.05, 0) is 50.3 Å². The van der Waals surface area contributed by atoms with Crippen LogP contribution in [0.1, 0.15) is 7.43 Å². The topological polar surface area (TPSA) is 0 Å². The van der Waals surface area contributed by atoms with E-state index >= 15 is 0 Å². The lowest BCUT2D eigenvalue weighted by Crippen LogP contribution is -1.94. The number of benzene rings is 6. The molecule has 6 aromatic rings. The van der Waals surface area contributed by atoms with Crippen LogP contribution in [0, 0.1) is 23.3 Å². The summed E-state index contributed by atoms with van der Waals surface area (Å²) in [4.78, 5) is 0. The molecular weight excluding hydrogens is 600 g/mol. The van der Waals surface area contributed by atoms with E-state index in [4.69, 9.17) is 0 Å². The zero-order valence-corrected chi connectivity index (χ0v) is 23.3. The van der Waals surface area contributed by atoms with Gasteiger partial charge in [0.15, 0.2) is 0 Å². The van der Waals surface area contributed by atoms with Crippen molar-refractivity contribution in [3.8, 4) is 44.5 Å². The summed E-state index contributed by atoms with van der Waals surface area (Å²) < 4.78 is 56.6. The summed E-state index contributed by atoms with van der Waals surface area (Å²) in [6.07, 6.45) is 0. The van der Waals surface area contributed by atoms with Crippen molar-refractivity contribution in [2.24, 2.45) is 0 Å². The lowest BCUT2D eigenvalue weighted by atomic mass is 9.98. The smallest absolute Gasteiger partial charge is 0.148 e. The molecule has 0 aromatic heterocycles. The quantitative estimate of drug-likeness (QED) is 0.135. The zero-order chi connectivity index (χ0) is 28.8. The van der Waals surface area contributed by atoms with Gasteiger partial charge in [0, 0.05) is 28.3 Å². The molecule has 0 N–H and O–H groups in total. The molecule has 0 amide bonds. The van der Waals surface area contributed by atoms with Gasteiger partial charge >= 0.3 is 0 Å². The van der Waals surface area contributed by atoms with E-state index in [1.165, 1.54) is 0 Å². The third-order valence-corrected chi connectivity index (χ3v) is 7.24. The van der Waals surface area contributed by atoms with Crippen molar-refractivity contribution in [2.75, 3.05) is 0 Å². The van der Waals surface area contributed by atoms with E-state index in [1.54, 1.807) is 36.4 Å². The highest BCUT2D eigenvalue weighted by molar-refractivity contribution is 9.10. The Bertz CT molecular complexity index is 1630. The van der Waals surface area contributed by atoms with Crippen LogP contribution in [0.5, 0.6) is 0 Å². The van der Waals surface area contributed by atoms with E-state index < -0.39 is 23.3 Å². The predicted molar refractivity (Wildman–Crippen MR) is 169 cm³/mol. The van der Waals surface area contributed by atoms with Crippen molar-refractivity contribution < 1.29 is 17.6 Å². The number of halogens is 5. The third-order valence-electron chi connectivity index (χ3n) is 6.54. The van der Waals surface area contributed by atoms with Gasteiger partial charge in [0.25, 0.3) is 0 Å². The Kier molecular flexibility index (Phi) is 10.1. The molecule has 0 saturated heterocycles.